The molecule has 1 aliphatic carbocycles. The fourth-order valence-electron chi connectivity index (χ4n) is 4.33. The van der Waals surface area contributed by atoms with Gasteiger partial charge in [0.05, 0.1) is 13.4 Å². The van der Waals surface area contributed by atoms with Gasteiger partial charge in [0, 0.05) is 9.75 Å². The van der Waals surface area contributed by atoms with E-state index in [1.165, 1.54) is 4.88 Å². The maximum Gasteiger partial charge on any atom is 0.337 e. The number of rotatable bonds is 3. The van der Waals surface area contributed by atoms with Gasteiger partial charge in [-0.25, -0.2) is 4.79 Å². The fraction of sp³-hybridized carbons (Fsp3) is 0.450. The number of benzene rings is 1. The second kappa shape index (κ2) is 5.77. The van der Waals surface area contributed by atoms with Gasteiger partial charge in [-0.3, -0.25) is 0 Å². The number of carboxylic acid groups (broad SMARTS) is 1. The fourth-order valence-corrected chi connectivity index (χ4v) is 5.81. The van der Waals surface area contributed by atoms with Gasteiger partial charge in [-0.2, -0.15) is 0 Å². The highest BCUT2D eigenvalue weighted by Gasteiger charge is 2.42. The summed E-state index contributed by atoms with van der Waals surface area (Å²) in [5.74, 6) is -0.831. The summed E-state index contributed by atoms with van der Waals surface area (Å²) in [5.41, 5.74) is 3.56. The van der Waals surface area contributed by atoms with Crippen molar-refractivity contribution in [1.29, 1.82) is 0 Å². The van der Waals surface area contributed by atoms with Gasteiger partial charge >= 0.3 is 5.97 Å². The molecule has 0 saturated heterocycles. The van der Waals surface area contributed by atoms with Crippen LogP contribution in [0.15, 0.2) is 24.3 Å². The van der Waals surface area contributed by atoms with E-state index in [0.717, 1.165) is 34.4 Å². The van der Waals surface area contributed by atoms with Crippen LogP contribution in [0.3, 0.4) is 0 Å². The van der Waals surface area contributed by atoms with E-state index in [1.807, 2.05) is 24.3 Å². The molecule has 2 radical (unpaired) electrons. The van der Waals surface area contributed by atoms with Crippen LogP contribution < -0.4 is 0 Å². The van der Waals surface area contributed by atoms with Crippen molar-refractivity contribution in [2.45, 2.75) is 52.3 Å². The molecule has 1 aliphatic rings. The van der Waals surface area contributed by atoms with Gasteiger partial charge in [0.15, 0.2) is 0 Å². The average molecular weight is 338 g/mol. The first kappa shape index (κ1) is 17.3. The van der Waals surface area contributed by atoms with Crippen LogP contribution in [-0.2, 0) is 18.2 Å². The highest BCUT2D eigenvalue weighted by atomic mass is 32.1. The van der Waals surface area contributed by atoms with E-state index in [-0.39, 0.29) is 10.8 Å². The lowest BCUT2D eigenvalue weighted by Gasteiger charge is -2.40. The molecule has 1 N–H and O–H groups in total. The predicted molar refractivity (Wildman–Crippen MR) is 101 cm³/mol. The third-order valence-electron chi connectivity index (χ3n) is 4.89. The van der Waals surface area contributed by atoms with Crippen LogP contribution in [0.1, 0.15) is 60.5 Å². The van der Waals surface area contributed by atoms with Crippen LogP contribution in [0.25, 0.3) is 10.4 Å². The highest BCUT2D eigenvalue weighted by Crippen LogP contribution is 2.52. The quantitative estimate of drug-likeness (QED) is 0.797. The average Bonchev–Trinajstić information content (AvgIpc) is 2.85. The van der Waals surface area contributed by atoms with Crippen LogP contribution in [0.4, 0.5) is 0 Å². The number of fused-ring (bicyclic) bond motifs is 1. The van der Waals surface area contributed by atoms with Crippen molar-refractivity contribution in [2.24, 2.45) is 5.41 Å². The monoisotopic (exact) mass is 338 g/mol. The van der Waals surface area contributed by atoms with Crippen molar-refractivity contribution < 1.29 is 9.90 Å². The van der Waals surface area contributed by atoms with Gasteiger partial charge in [0.1, 0.15) is 0 Å². The molecule has 1 aromatic heterocycles. The molecule has 3 rings (SSSR count). The second-order valence-corrected chi connectivity index (χ2v) is 9.20. The van der Waals surface area contributed by atoms with Crippen molar-refractivity contribution >= 4 is 25.2 Å². The lowest BCUT2D eigenvalue weighted by Crippen LogP contribution is -2.34. The number of carbonyl (C=O) groups is 1. The van der Waals surface area contributed by atoms with Crippen molar-refractivity contribution in [3.63, 3.8) is 0 Å². The SMILES string of the molecule is [B]Cc1ccccc1-c1sc2c(c1C(=O)O)CC(C)(C)CC2(C)C. The molecule has 2 aromatic rings. The molecule has 0 aliphatic heterocycles. The summed E-state index contributed by atoms with van der Waals surface area (Å²) in [5, 5.41) is 9.95. The molecule has 0 amide bonds. The smallest absolute Gasteiger partial charge is 0.337 e. The van der Waals surface area contributed by atoms with Crippen LogP contribution in [-0.4, -0.2) is 18.9 Å². The van der Waals surface area contributed by atoms with E-state index in [0.29, 0.717) is 11.9 Å². The van der Waals surface area contributed by atoms with Crippen LogP contribution in [0.2, 0.25) is 0 Å². The minimum atomic E-state index is -0.831. The summed E-state index contributed by atoms with van der Waals surface area (Å²) in [6, 6.07) is 7.87. The van der Waals surface area contributed by atoms with Crippen molar-refractivity contribution in [1.82, 2.24) is 0 Å². The van der Waals surface area contributed by atoms with E-state index in [1.54, 1.807) is 11.3 Å². The lowest BCUT2D eigenvalue weighted by atomic mass is 9.65. The zero-order chi connectivity index (χ0) is 17.7. The molecule has 2 nitrogen and oxygen atoms in total. The first-order valence-corrected chi connectivity index (χ1v) is 9.16. The number of carboxylic acids is 1. The molecule has 0 saturated carbocycles. The van der Waals surface area contributed by atoms with Gasteiger partial charge in [-0.1, -0.05) is 58.3 Å². The molecule has 1 aromatic carbocycles. The van der Waals surface area contributed by atoms with Crippen molar-refractivity contribution in [3.8, 4) is 10.4 Å². The third-order valence-corrected chi connectivity index (χ3v) is 6.52. The molecule has 1 heterocycles. The first-order valence-electron chi connectivity index (χ1n) is 8.34. The minimum absolute atomic E-state index is 0.0120. The van der Waals surface area contributed by atoms with Crippen LogP contribution in [0, 0.1) is 5.41 Å². The Kier molecular flexibility index (Phi) is 4.15. The lowest BCUT2D eigenvalue weighted by molar-refractivity contribution is 0.0695. The largest absolute Gasteiger partial charge is 0.478 e. The van der Waals surface area contributed by atoms with Gasteiger partial charge in [0.25, 0.3) is 0 Å². The number of thiophene rings is 1. The molecular formula is C20H23BO2S. The highest BCUT2D eigenvalue weighted by molar-refractivity contribution is 7.16. The zero-order valence-electron chi connectivity index (χ0n) is 14.8. The Morgan fingerprint density at radius 2 is 1.92 bits per heavy atom. The molecule has 4 heteroatoms. The standard InChI is InChI=1S/C20H23BO2S/c1-19(2)9-14-15(18(22)23)16(24-17(14)20(3,4)11-19)13-8-6-5-7-12(13)10-21/h5-8H,9-11H2,1-4H3,(H,22,23). The van der Waals surface area contributed by atoms with E-state index < -0.39 is 5.97 Å². The molecule has 0 spiro atoms. The van der Waals surface area contributed by atoms with Crippen LogP contribution >= 0.6 is 11.3 Å². The Balaban J connectivity index is 2.31. The van der Waals surface area contributed by atoms with Gasteiger partial charge in [-0.05, 0) is 40.4 Å². The summed E-state index contributed by atoms with van der Waals surface area (Å²) in [4.78, 5) is 14.2. The summed E-state index contributed by atoms with van der Waals surface area (Å²) in [6.07, 6.45) is 2.28. The molecule has 0 bridgehead atoms. The molecule has 24 heavy (non-hydrogen) atoms. The Morgan fingerprint density at radius 3 is 2.54 bits per heavy atom. The zero-order valence-corrected chi connectivity index (χ0v) is 15.6. The maximum absolute atomic E-state index is 12.1. The van der Waals surface area contributed by atoms with Crippen molar-refractivity contribution in [2.75, 3.05) is 0 Å². The van der Waals surface area contributed by atoms with Gasteiger partial charge < -0.3 is 5.11 Å². The van der Waals surface area contributed by atoms with Crippen LogP contribution in [0.5, 0.6) is 0 Å². The normalized spacial score (nSPS) is 18.2. The van der Waals surface area contributed by atoms with Crippen molar-refractivity contribution in [3.05, 3.63) is 45.8 Å². The summed E-state index contributed by atoms with van der Waals surface area (Å²) in [6.45, 7) is 8.92. The Bertz CT molecular complexity index is 802. The Labute approximate surface area is 149 Å². The van der Waals surface area contributed by atoms with Gasteiger partial charge in [0.2, 0.25) is 0 Å². The topological polar surface area (TPSA) is 37.3 Å². The Morgan fingerprint density at radius 1 is 1.25 bits per heavy atom. The number of hydrogen-bond donors (Lipinski definition) is 1. The van der Waals surface area contributed by atoms with E-state index in [2.05, 4.69) is 27.7 Å². The number of aromatic carboxylic acids is 1. The molecule has 0 unspecified atom stereocenters. The minimum Gasteiger partial charge on any atom is -0.478 e. The Hall–Kier alpha value is -1.55. The van der Waals surface area contributed by atoms with Gasteiger partial charge in [-0.15, -0.1) is 11.3 Å². The first-order chi connectivity index (χ1) is 11.2. The third kappa shape index (κ3) is 2.81. The summed E-state index contributed by atoms with van der Waals surface area (Å²) < 4.78 is 0. The second-order valence-electron chi connectivity index (χ2n) is 8.18. The van der Waals surface area contributed by atoms with E-state index in [9.17, 15) is 9.90 Å². The summed E-state index contributed by atoms with van der Waals surface area (Å²) in [7, 11) is 5.89. The molecule has 0 atom stereocenters. The molecule has 0 fully saturated rings. The maximum atomic E-state index is 12.1. The molecular weight excluding hydrogens is 315 g/mol. The van der Waals surface area contributed by atoms with E-state index in [4.69, 9.17) is 7.85 Å². The number of hydrogen-bond acceptors (Lipinski definition) is 2. The summed E-state index contributed by atoms with van der Waals surface area (Å²) >= 11 is 1.64. The van der Waals surface area contributed by atoms with E-state index >= 15 is 0 Å². The molecule has 124 valence electrons. The predicted octanol–water partition coefficient (Wildman–Crippen LogP) is 5.03.